The van der Waals surface area contributed by atoms with Crippen LogP contribution in [0.5, 0.6) is 0 Å². The average Bonchev–Trinajstić information content (AvgIpc) is 2.40. The zero-order chi connectivity index (χ0) is 13.0. The minimum Gasteiger partial charge on any atom is -0.321 e. The summed E-state index contributed by atoms with van der Waals surface area (Å²) >= 11 is 0. The van der Waals surface area contributed by atoms with Gasteiger partial charge in [-0.2, -0.15) is 0 Å². The second-order valence-electron chi connectivity index (χ2n) is 5.66. The van der Waals surface area contributed by atoms with Gasteiger partial charge in [0.1, 0.15) is 0 Å². The van der Waals surface area contributed by atoms with Crippen LogP contribution >= 0.6 is 0 Å². The largest absolute Gasteiger partial charge is 0.321 e. The molecule has 0 radical (unpaired) electrons. The molecular weight excluding hydrogens is 222 g/mol. The molecule has 1 aromatic rings. The Balaban J connectivity index is 1.89. The van der Waals surface area contributed by atoms with E-state index in [0.29, 0.717) is 6.42 Å². The smallest absolute Gasteiger partial charge is 0.152 e. The Bertz CT molecular complexity index is 379. The van der Waals surface area contributed by atoms with Gasteiger partial charge in [-0.3, -0.25) is 4.79 Å². The van der Waals surface area contributed by atoms with Crippen molar-refractivity contribution in [2.24, 2.45) is 17.6 Å². The topological polar surface area (TPSA) is 43.1 Å². The molecule has 2 rings (SSSR count). The predicted octanol–water partition coefficient (Wildman–Crippen LogP) is 2.95. The maximum atomic E-state index is 12.3. The minimum absolute atomic E-state index is 0.208. The van der Waals surface area contributed by atoms with E-state index in [1.807, 2.05) is 30.3 Å². The number of nitrogens with two attached hydrogens (primary N) is 1. The summed E-state index contributed by atoms with van der Waals surface area (Å²) in [7, 11) is 0. The van der Waals surface area contributed by atoms with E-state index < -0.39 is 0 Å². The lowest BCUT2D eigenvalue weighted by Crippen LogP contribution is -2.38. The molecule has 0 amide bonds. The summed E-state index contributed by atoms with van der Waals surface area (Å²) in [5, 5.41) is 0. The van der Waals surface area contributed by atoms with Gasteiger partial charge in [0.15, 0.2) is 5.78 Å². The summed E-state index contributed by atoms with van der Waals surface area (Å²) in [6.45, 7) is 2.27. The normalized spacial score (nSPS) is 25.7. The van der Waals surface area contributed by atoms with Crippen molar-refractivity contribution in [2.45, 2.75) is 45.1 Å². The van der Waals surface area contributed by atoms with Crippen LogP contribution in [0.4, 0.5) is 0 Å². The van der Waals surface area contributed by atoms with Gasteiger partial charge in [0.25, 0.3) is 0 Å². The third-order valence-corrected chi connectivity index (χ3v) is 4.08. The monoisotopic (exact) mass is 245 g/mol. The van der Waals surface area contributed by atoms with Crippen LogP contribution in [0.2, 0.25) is 0 Å². The van der Waals surface area contributed by atoms with E-state index in [2.05, 4.69) is 6.92 Å². The number of Topliss-reactive ketones (excluding diaryl/α,β-unsaturated/α-hetero) is 1. The molecule has 0 heterocycles. The Hall–Kier alpha value is -1.15. The van der Waals surface area contributed by atoms with Crippen LogP contribution in [0.1, 0.15) is 38.2 Å². The van der Waals surface area contributed by atoms with E-state index in [0.717, 1.165) is 24.3 Å². The van der Waals surface area contributed by atoms with E-state index in [1.54, 1.807) is 0 Å². The molecule has 0 bridgehead atoms. The Morgan fingerprint density at radius 2 is 1.83 bits per heavy atom. The van der Waals surface area contributed by atoms with Crippen molar-refractivity contribution in [3.63, 3.8) is 0 Å². The predicted molar refractivity (Wildman–Crippen MR) is 74.3 cm³/mol. The third-order valence-electron chi connectivity index (χ3n) is 4.08. The van der Waals surface area contributed by atoms with Crippen molar-refractivity contribution in [3.05, 3.63) is 35.9 Å². The van der Waals surface area contributed by atoms with Gasteiger partial charge < -0.3 is 5.73 Å². The molecule has 98 valence electrons. The molecule has 1 fully saturated rings. The fourth-order valence-corrected chi connectivity index (χ4v) is 2.82. The molecular formula is C16H23NO. The number of carbonyl (C=O) groups is 1. The zero-order valence-corrected chi connectivity index (χ0v) is 11.1. The van der Waals surface area contributed by atoms with Gasteiger partial charge >= 0.3 is 0 Å². The van der Waals surface area contributed by atoms with Crippen molar-refractivity contribution in [2.75, 3.05) is 0 Å². The Morgan fingerprint density at radius 3 is 2.44 bits per heavy atom. The van der Waals surface area contributed by atoms with E-state index in [4.69, 9.17) is 5.73 Å². The molecule has 2 heteroatoms. The van der Waals surface area contributed by atoms with Crippen molar-refractivity contribution < 1.29 is 4.79 Å². The van der Waals surface area contributed by atoms with Crippen LogP contribution in [0.3, 0.4) is 0 Å². The van der Waals surface area contributed by atoms with Crippen molar-refractivity contribution in [1.29, 1.82) is 0 Å². The van der Waals surface area contributed by atoms with Crippen LogP contribution in [0, 0.1) is 11.8 Å². The highest BCUT2D eigenvalue weighted by Crippen LogP contribution is 2.29. The molecule has 0 aromatic heterocycles. The lowest BCUT2D eigenvalue weighted by Gasteiger charge is -2.27. The lowest BCUT2D eigenvalue weighted by molar-refractivity contribution is -0.125. The van der Waals surface area contributed by atoms with Gasteiger partial charge in [-0.1, -0.05) is 50.1 Å². The summed E-state index contributed by atoms with van der Waals surface area (Å²) < 4.78 is 0. The first-order chi connectivity index (χ1) is 8.66. The first-order valence-electron chi connectivity index (χ1n) is 7.00. The molecule has 2 nitrogen and oxygen atoms in total. The average molecular weight is 245 g/mol. The number of hydrogen-bond acceptors (Lipinski definition) is 2. The van der Waals surface area contributed by atoms with Gasteiger partial charge in [0.05, 0.1) is 6.04 Å². The molecule has 0 spiro atoms. The summed E-state index contributed by atoms with van der Waals surface area (Å²) in [5.74, 6) is 1.25. The lowest BCUT2D eigenvalue weighted by atomic mass is 9.79. The second-order valence-corrected chi connectivity index (χ2v) is 5.66. The summed E-state index contributed by atoms with van der Waals surface area (Å²) in [5.41, 5.74) is 7.22. The van der Waals surface area contributed by atoms with Gasteiger partial charge in [-0.15, -0.1) is 0 Å². The second kappa shape index (κ2) is 6.14. The first kappa shape index (κ1) is 13.3. The number of benzene rings is 1. The molecule has 18 heavy (non-hydrogen) atoms. The quantitative estimate of drug-likeness (QED) is 0.886. The van der Waals surface area contributed by atoms with E-state index >= 15 is 0 Å². The number of carbonyl (C=O) groups excluding carboxylic acids is 1. The molecule has 1 unspecified atom stereocenters. The van der Waals surface area contributed by atoms with Crippen molar-refractivity contribution in [1.82, 2.24) is 0 Å². The summed E-state index contributed by atoms with van der Waals surface area (Å²) in [6, 6.07) is 9.72. The Morgan fingerprint density at radius 1 is 1.22 bits per heavy atom. The van der Waals surface area contributed by atoms with Crippen LogP contribution < -0.4 is 5.73 Å². The molecule has 0 aliphatic heterocycles. The SMILES string of the molecule is CC1CCC(C(=O)C(N)Cc2ccccc2)CC1. The van der Waals surface area contributed by atoms with E-state index in [9.17, 15) is 4.79 Å². The molecule has 2 N–H and O–H groups in total. The highest BCUT2D eigenvalue weighted by molar-refractivity contribution is 5.86. The standard InChI is InChI=1S/C16H23NO/c1-12-7-9-14(10-8-12)16(18)15(17)11-13-5-3-2-4-6-13/h2-6,12,14-15H,7-11,17H2,1H3. The molecule has 0 saturated heterocycles. The third kappa shape index (κ3) is 3.42. The first-order valence-corrected chi connectivity index (χ1v) is 7.00. The van der Waals surface area contributed by atoms with Gasteiger partial charge in [-0.05, 0) is 30.7 Å². The van der Waals surface area contributed by atoms with Gasteiger partial charge in [0, 0.05) is 5.92 Å². The fraction of sp³-hybridized carbons (Fsp3) is 0.562. The van der Waals surface area contributed by atoms with E-state index in [1.165, 1.54) is 12.8 Å². The minimum atomic E-state index is -0.328. The van der Waals surface area contributed by atoms with Crippen LogP contribution in [-0.4, -0.2) is 11.8 Å². The molecule has 1 aromatic carbocycles. The summed E-state index contributed by atoms with van der Waals surface area (Å²) in [4.78, 5) is 12.3. The van der Waals surface area contributed by atoms with Crippen LogP contribution in [0.15, 0.2) is 30.3 Å². The summed E-state index contributed by atoms with van der Waals surface area (Å²) in [6.07, 6.45) is 5.08. The fourth-order valence-electron chi connectivity index (χ4n) is 2.82. The highest BCUT2D eigenvalue weighted by atomic mass is 16.1. The maximum Gasteiger partial charge on any atom is 0.152 e. The van der Waals surface area contributed by atoms with Crippen molar-refractivity contribution >= 4 is 5.78 Å². The maximum absolute atomic E-state index is 12.3. The van der Waals surface area contributed by atoms with E-state index in [-0.39, 0.29) is 17.7 Å². The molecule has 1 saturated carbocycles. The molecule has 1 aliphatic carbocycles. The van der Waals surface area contributed by atoms with Crippen LogP contribution in [0.25, 0.3) is 0 Å². The molecule has 1 atom stereocenters. The number of ketones is 1. The number of rotatable bonds is 4. The zero-order valence-electron chi connectivity index (χ0n) is 11.1. The van der Waals surface area contributed by atoms with Crippen LogP contribution in [-0.2, 0) is 11.2 Å². The Kier molecular flexibility index (Phi) is 4.54. The van der Waals surface area contributed by atoms with Crippen molar-refractivity contribution in [3.8, 4) is 0 Å². The highest BCUT2D eigenvalue weighted by Gasteiger charge is 2.27. The van der Waals surface area contributed by atoms with Gasteiger partial charge in [0.2, 0.25) is 0 Å². The molecule has 1 aliphatic rings. The Labute approximate surface area is 110 Å². The number of hydrogen-bond donors (Lipinski definition) is 1. The van der Waals surface area contributed by atoms with Gasteiger partial charge in [-0.25, -0.2) is 0 Å².